The molecule has 2 rings (SSSR count). The summed E-state index contributed by atoms with van der Waals surface area (Å²) < 4.78 is 12.8. The lowest BCUT2D eigenvalue weighted by molar-refractivity contribution is -0.126. The molecule has 20 heavy (non-hydrogen) atoms. The van der Waals surface area contributed by atoms with Crippen LogP contribution in [-0.2, 0) is 11.2 Å². The molecule has 2 N–H and O–H groups in total. The van der Waals surface area contributed by atoms with Crippen molar-refractivity contribution >= 4 is 5.91 Å². The zero-order valence-electron chi connectivity index (χ0n) is 12.2. The fraction of sp³-hybridized carbons (Fsp3) is 0.562. The average molecular weight is 278 g/mol. The second-order valence-electron chi connectivity index (χ2n) is 5.82. The molecule has 110 valence electrons. The van der Waals surface area contributed by atoms with Gasteiger partial charge in [-0.25, -0.2) is 4.39 Å². The van der Waals surface area contributed by atoms with E-state index in [1.54, 1.807) is 12.1 Å². The molecule has 1 amide bonds. The third kappa shape index (κ3) is 4.30. The molecule has 1 heterocycles. The van der Waals surface area contributed by atoms with Gasteiger partial charge >= 0.3 is 0 Å². The van der Waals surface area contributed by atoms with Gasteiger partial charge in [0.1, 0.15) is 5.82 Å². The molecular weight excluding hydrogens is 255 g/mol. The van der Waals surface area contributed by atoms with Gasteiger partial charge in [0, 0.05) is 18.6 Å². The van der Waals surface area contributed by atoms with Crippen LogP contribution in [0.15, 0.2) is 24.3 Å². The summed E-state index contributed by atoms with van der Waals surface area (Å²) in [5.74, 6) is -0.0336. The van der Waals surface area contributed by atoms with E-state index in [0.29, 0.717) is 6.04 Å². The lowest BCUT2D eigenvalue weighted by Gasteiger charge is -2.28. The van der Waals surface area contributed by atoms with E-state index in [9.17, 15) is 9.18 Å². The first-order valence-corrected chi connectivity index (χ1v) is 7.33. The van der Waals surface area contributed by atoms with Crippen LogP contribution >= 0.6 is 0 Å². The Kier molecular flexibility index (Phi) is 5.12. The number of nitrogens with one attached hydrogen (secondary N) is 2. The van der Waals surface area contributed by atoms with Crippen LogP contribution in [0.25, 0.3) is 0 Å². The van der Waals surface area contributed by atoms with E-state index in [0.717, 1.165) is 31.4 Å². The van der Waals surface area contributed by atoms with Gasteiger partial charge < -0.3 is 10.6 Å². The molecule has 3 nitrogen and oxygen atoms in total. The number of carbonyl (C=O) groups is 1. The predicted molar refractivity (Wildman–Crippen MR) is 77.9 cm³/mol. The molecule has 0 bridgehead atoms. The zero-order valence-corrected chi connectivity index (χ0v) is 12.2. The summed E-state index contributed by atoms with van der Waals surface area (Å²) in [5, 5.41) is 6.39. The van der Waals surface area contributed by atoms with E-state index >= 15 is 0 Å². The van der Waals surface area contributed by atoms with Crippen molar-refractivity contribution in [2.75, 3.05) is 6.54 Å². The minimum absolute atomic E-state index is 0.0623. The van der Waals surface area contributed by atoms with Gasteiger partial charge in [-0.05, 0) is 50.8 Å². The molecular formula is C16H23FN2O. The first-order chi connectivity index (χ1) is 9.54. The Bertz CT molecular complexity index is 438. The number of carbonyl (C=O) groups excluding carboxylic acids is 1. The standard InChI is InChI=1S/C16H23FN2O/c1-11-3-6-14(10-18-11)16(20)19-12(2)9-13-4-7-15(17)8-5-13/h4-5,7-8,11-12,14,18H,3,6,9-10H2,1-2H3,(H,19,20). The van der Waals surface area contributed by atoms with E-state index < -0.39 is 0 Å². The molecule has 0 spiro atoms. The number of piperidine rings is 1. The summed E-state index contributed by atoms with van der Waals surface area (Å²) >= 11 is 0. The lowest BCUT2D eigenvalue weighted by atomic mass is 9.94. The van der Waals surface area contributed by atoms with Crippen molar-refractivity contribution in [2.24, 2.45) is 5.92 Å². The van der Waals surface area contributed by atoms with Crippen molar-refractivity contribution < 1.29 is 9.18 Å². The third-order valence-electron chi connectivity index (χ3n) is 3.88. The highest BCUT2D eigenvalue weighted by Crippen LogP contribution is 2.14. The summed E-state index contributed by atoms with van der Waals surface area (Å²) in [5.41, 5.74) is 1.04. The molecule has 1 fully saturated rings. The Morgan fingerprint density at radius 2 is 2.10 bits per heavy atom. The van der Waals surface area contributed by atoms with E-state index in [4.69, 9.17) is 0 Å². The van der Waals surface area contributed by atoms with Crippen LogP contribution in [0.3, 0.4) is 0 Å². The van der Waals surface area contributed by atoms with Crippen molar-refractivity contribution in [1.82, 2.24) is 10.6 Å². The smallest absolute Gasteiger partial charge is 0.224 e. The molecule has 4 heteroatoms. The average Bonchev–Trinajstić information content (AvgIpc) is 2.42. The Morgan fingerprint density at radius 1 is 1.40 bits per heavy atom. The van der Waals surface area contributed by atoms with Gasteiger partial charge in [-0.15, -0.1) is 0 Å². The van der Waals surface area contributed by atoms with Crippen LogP contribution in [0.5, 0.6) is 0 Å². The van der Waals surface area contributed by atoms with Gasteiger partial charge in [-0.3, -0.25) is 4.79 Å². The van der Waals surface area contributed by atoms with Crippen molar-refractivity contribution in [3.63, 3.8) is 0 Å². The molecule has 1 saturated heterocycles. The van der Waals surface area contributed by atoms with Crippen LogP contribution in [0.1, 0.15) is 32.3 Å². The topological polar surface area (TPSA) is 41.1 Å². The molecule has 3 atom stereocenters. The van der Waals surface area contributed by atoms with Gasteiger partial charge in [0.25, 0.3) is 0 Å². The molecule has 0 radical (unpaired) electrons. The molecule has 0 aromatic heterocycles. The van der Waals surface area contributed by atoms with Gasteiger partial charge in [0.2, 0.25) is 5.91 Å². The number of hydrogen-bond donors (Lipinski definition) is 2. The fourth-order valence-corrected chi connectivity index (χ4v) is 2.61. The van der Waals surface area contributed by atoms with Gasteiger partial charge in [-0.1, -0.05) is 12.1 Å². The van der Waals surface area contributed by atoms with Crippen LogP contribution in [0.4, 0.5) is 4.39 Å². The molecule has 1 aliphatic rings. The maximum Gasteiger partial charge on any atom is 0.224 e. The van der Waals surface area contributed by atoms with Crippen molar-refractivity contribution in [3.8, 4) is 0 Å². The quantitative estimate of drug-likeness (QED) is 0.887. The van der Waals surface area contributed by atoms with Crippen LogP contribution in [0, 0.1) is 11.7 Å². The van der Waals surface area contributed by atoms with E-state index in [1.165, 1.54) is 12.1 Å². The van der Waals surface area contributed by atoms with E-state index in [1.807, 2.05) is 6.92 Å². The van der Waals surface area contributed by atoms with E-state index in [2.05, 4.69) is 17.6 Å². The molecule has 1 aromatic rings. The molecule has 3 unspecified atom stereocenters. The second kappa shape index (κ2) is 6.84. The number of halogens is 1. The zero-order chi connectivity index (χ0) is 14.5. The highest BCUT2D eigenvalue weighted by Gasteiger charge is 2.24. The number of hydrogen-bond acceptors (Lipinski definition) is 2. The summed E-state index contributed by atoms with van der Waals surface area (Å²) in [6.45, 7) is 4.89. The van der Waals surface area contributed by atoms with Crippen LogP contribution < -0.4 is 10.6 Å². The maximum atomic E-state index is 12.8. The number of rotatable bonds is 4. The third-order valence-corrected chi connectivity index (χ3v) is 3.88. The Hall–Kier alpha value is -1.42. The molecule has 0 aliphatic carbocycles. The van der Waals surface area contributed by atoms with Crippen molar-refractivity contribution in [1.29, 1.82) is 0 Å². The highest BCUT2D eigenvalue weighted by molar-refractivity contribution is 5.79. The normalized spacial score (nSPS) is 24.1. The summed E-state index contributed by atoms with van der Waals surface area (Å²) in [4.78, 5) is 12.1. The second-order valence-corrected chi connectivity index (χ2v) is 5.82. The monoisotopic (exact) mass is 278 g/mol. The Morgan fingerprint density at radius 3 is 2.70 bits per heavy atom. The lowest BCUT2D eigenvalue weighted by Crippen LogP contribution is -2.46. The summed E-state index contributed by atoms with van der Waals surface area (Å²) in [6.07, 6.45) is 2.72. The minimum Gasteiger partial charge on any atom is -0.353 e. The van der Waals surface area contributed by atoms with Gasteiger partial charge in [-0.2, -0.15) is 0 Å². The van der Waals surface area contributed by atoms with Crippen molar-refractivity contribution in [3.05, 3.63) is 35.6 Å². The Labute approximate surface area is 120 Å². The van der Waals surface area contributed by atoms with Gasteiger partial charge in [0.05, 0.1) is 5.92 Å². The van der Waals surface area contributed by atoms with Crippen LogP contribution in [0.2, 0.25) is 0 Å². The molecule has 1 aromatic carbocycles. The molecule has 1 aliphatic heterocycles. The maximum absolute atomic E-state index is 12.8. The Balaban J connectivity index is 1.80. The van der Waals surface area contributed by atoms with Crippen LogP contribution in [-0.4, -0.2) is 24.5 Å². The highest BCUT2D eigenvalue weighted by atomic mass is 19.1. The number of amides is 1. The first-order valence-electron chi connectivity index (χ1n) is 7.33. The SMILES string of the molecule is CC1CCC(C(=O)NC(C)Cc2ccc(F)cc2)CN1. The summed E-state index contributed by atoms with van der Waals surface area (Å²) in [7, 11) is 0. The fourth-order valence-electron chi connectivity index (χ4n) is 2.61. The van der Waals surface area contributed by atoms with Gasteiger partial charge in [0.15, 0.2) is 0 Å². The van der Waals surface area contributed by atoms with E-state index in [-0.39, 0.29) is 23.7 Å². The largest absolute Gasteiger partial charge is 0.353 e. The number of benzene rings is 1. The first kappa shape index (κ1) is 15.0. The van der Waals surface area contributed by atoms with Crippen molar-refractivity contribution in [2.45, 2.75) is 45.2 Å². The predicted octanol–water partition coefficient (Wildman–Crippen LogP) is 2.26. The molecule has 0 saturated carbocycles. The summed E-state index contributed by atoms with van der Waals surface area (Å²) in [6, 6.07) is 7.01. The minimum atomic E-state index is -0.229.